The van der Waals surface area contributed by atoms with E-state index < -0.39 is 0 Å². The van der Waals surface area contributed by atoms with Gasteiger partial charge in [0, 0.05) is 60.4 Å². The molecule has 3 aromatic rings. The second-order valence-electron chi connectivity index (χ2n) is 7.87. The second kappa shape index (κ2) is 11.7. The van der Waals surface area contributed by atoms with Crippen molar-refractivity contribution in [3.8, 4) is 5.75 Å². The lowest BCUT2D eigenvalue weighted by atomic mass is 10.1. The lowest BCUT2D eigenvalue weighted by molar-refractivity contribution is 0.461. The summed E-state index contributed by atoms with van der Waals surface area (Å²) in [6, 6.07) is 9.31. The molecule has 0 aliphatic rings. The van der Waals surface area contributed by atoms with Crippen molar-refractivity contribution >= 4 is 28.2 Å². The number of halogens is 1. The zero-order chi connectivity index (χ0) is 22.1. The van der Waals surface area contributed by atoms with Crippen molar-refractivity contribution in [2.45, 2.75) is 45.1 Å². The van der Waals surface area contributed by atoms with E-state index >= 15 is 0 Å². The van der Waals surface area contributed by atoms with Crippen molar-refractivity contribution in [3.63, 3.8) is 0 Å². The Bertz CT molecular complexity index is 1050. The van der Waals surface area contributed by atoms with Gasteiger partial charge in [0.05, 0.1) is 5.52 Å². The molecule has 7 heteroatoms. The third kappa shape index (κ3) is 6.97. The molecule has 0 fully saturated rings. The van der Waals surface area contributed by atoms with Crippen LogP contribution in [-0.4, -0.2) is 27.7 Å². The highest BCUT2D eigenvalue weighted by Crippen LogP contribution is 2.24. The maximum Gasteiger partial charge on any atom is 0.223 e. The van der Waals surface area contributed by atoms with E-state index in [-0.39, 0.29) is 11.2 Å². The highest BCUT2D eigenvalue weighted by atomic mass is 35.5. The van der Waals surface area contributed by atoms with Crippen LogP contribution in [0.3, 0.4) is 0 Å². The summed E-state index contributed by atoms with van der Waals surface area (Å²) in [6.07, 6.45) is 10.4. The number of fused-ring (bicyclic) bond motifs is 1. The average Bonchev–Trinajstić information content (AvgIpc) is 2.75. The molecule has 0 bridgehead atoms. The van der Waals surface area contributed by atoms with Crippen molar-refractivity contribution in [2.24, 2.45) is 7.05 Å². The maximum absolute atomic E-state index is 11.5. The van der Waals surface area contributed by atoms with E-state index in [1.165, 1.54) is 37.9 Å². The van der Waals surface area contributed by atoms with Crippen LogP contribution in [0.25, 0.3) is 10.9 Å². The number of aromatic nitrogens is 2. The summed E-state index contributed by atoms with van der Waals surface area (Å²) in [5, 5.41) is 18.1. The first-order valence-electron chi connectivity index (χ1n) is 10.9. The predicted octanol–water partition coefficient (Wildman–Crippen LogP) is 4.83. The minimum Gasteiger partial charge on any atom is -0.503 e. The number of unbranched alkanes of at least 4 members (excludes halogenated alkanes) is 5. The predicted molar refractivity (Wildman–Crippen MR) is 128 cm³/mol. The first kappa shape index (κ1) is 23.1. The third-order valence-electron chi connectivity index (χ3n) is 5.43. The highest BCUT2D eigenvalue weighted by Gasteiger charge is 2.03. The number of aryl methyl sites for hydroxylation is 1. The third-order valence-corrected chi connectivity index (χ3v) is 5.66. The van der Waals surface area contributed by atoms with Crippen molar-refractivity contribution in [1.82, 2.24) is 14.9 Å². The summed E-state index contributed by atoms with van der Waals surface area (Å²) in [5.74, 6) is -0.208. The van der Waals surface area contributed by atoms with E-state index in [4.69, 9.17) is 11.6 Å². The number of nitrogens with one attached hydrogen (secondary N) is 2. The Kier molecular flexibility index (Phi) is 8.74. The van der Waals surface area contributed by atoms with Crippen LogP contribution in [0.5, 0.6) is 5.75 Å². The molecule has 0 spiro atoms. The Morgan fingerprint density at radius 1 is 1.03 bits per heavy atom. The van der Waals surface area contributed by atoms with Crippen molar-refractivity contribution in [3.05, 3.63) is 63.7 Å². The van der Waals surface area contributed by atoms with Gasteiger partial charge >= 0.3 is 0 Å². The van der Waals surface area contributed by atoms with Crippen molar-refractivity contribution in [1.29, 1.82) is 0 Å². The lowest BCUT2D eigenvalue weighted by Crippen LogP contribution is -2.19. The van der Waals surface area contributed by atoms with Gasteiger partial charge in [0.25, 0.3) is 0 Å². The Hall–Kier alpha value is -2.57. The molecule has 3 rings (SSSR count). The maximum atomic E-state index is 11.5. The Morgan fingerprint density at radius 3 is 2.58 bits per heavy atom. The number of nitrogens with zero attached hydrogens (tertiary/aromatic N) is 2. The molecule has 0 unspecified atom stereocenters. The van der Waals surface area contributed by atoms with E-state index in [2.05, 4.69) is 15.6 Å². The monoisotopic (exact) mass is 442 g/mol. The molecule has 0 atom stereocenters. The molecular formula is C24H31ClN4O2. The van der Waals surface area contributed by atoms with Gasteiger partial charge in [-0.1, -0.05) is 37.3 Å². The minimum atomic E-state index is -0.328. The Morgan fingerprint density at radius 2 is 1.77 bits per heavy atom. The summed E-state index contributed by atoms with van der Waals surface area (Å²) in [5.41, 5.74) is 2.57. The summed E-state index contributed by atoms with van der Waals surface area (Å²) >= 11 is 6.05. The molecule has 0 amide bonds. The fourth-order valence-corrected chi connectivity index (χ4v) is 3.80. The van der Waals surface area contributed by atoms with Crippen LogP contribution in [0, 0.1) is 0 Å². The van der Waals surface area contributed by atoms with Gasteiger partial charge in [-0.15, -0.1) is 0 Å². The van der Waals surface area contributed by atoms with Gasteiger partial charge in [0.1, 0.15) is 0 Å². The van der Waals surface area contributed by atoms with E-state index in [1.807, 2.05) is 37.5 Å². The van der Waals surface area contributed by atoms with Crippen molar-refractivity contribution < 1.29 is 5.11 Å². The number of pyridine rings is 2. The fraction of sp³-hybridized carbons (Fsp3) is 0.417. The average molecular weight is 443 g/mol. The number of aromatic hydroxyl groups is 1. The highest BCUT2D eigenvalue weighted by molar-refractivity contribution is 6.31. The Labute approximate surface area is 188 Å². The van der Waals surface area contributed by atoms with Crippen LogP contribution in [0.4, 0.5) is 5.69 Å². The lowest BCUT2D eigenvalue weighted by Gasteiger charge is -2.10. The van der Waals surface area contributed by atoms with Gasteiger partial charge in [-0.3, -0.25) is 9.78 Å². The molecule has 0 saturated carbocycles. The molecule has 31 heavy (non-hydrogen) atoms. The van der Waals surface area contributed by atoms with Gasteiger partial charge in [0.2, 0.25) is 5.43 Å². The zero-order valence-electron chi connectivity index (χ0n) is 18.0. The molecule has 2 heterocycles. The van der Waals surface area contributed by atoms with Gasteiger partial charge in [0.15, 0.2) is 5.75 Å². The number of benzene rings is 1. The molecule has 166 valence electrons. The molecule has 6 nitrogen and oxygen atoms in total. The molecule has 0 saturated heterocycles. The van der Waals surface area contributed by atoms with Crippen LogP contribution < -0.4 is 16.1 Å². The molecular weight excluding hydrogens is 412 g/mol. The first-order valence-corrected chi connectivity index (χ1v) is 11.3. The summed E-state index contributed by atoms with van der Waals surface area (Å²) in [7, 11) is 1.83. The second-order valence-corrected chi connectivity index (χ2v) is 8.31. The summed E-state index contributed by atoms with van der Waals surface area (Å²) < 4.78 is 1.78. The molecule has 0 aliphatic carbocycles. The van der Waals surface area contributed by atoms with E-state index in [9.17, 15) is 9.90 Å². The van der Waals surface area contributed by atoms with E-state index in [0.717, 1.165) is 48.2 Å². The zero-order valence-corrected chi connectivity index (χ0v) is 18.8. The SMILES string of the molecule is Cn1cc(O)c(=O)cc1CNCCCCCCCCNc1ccnc2cc(Cl)ccc12. The van der Waals surface area contributed by atoms with Gasteiger partial charge in [-0.2, -0.15) is 0 Å². The quantitative estimate of drug-likeness (QED) is 0.350. The van der Waals surface area contributed by atoms with Gasteiger partial charge in [-0.25, -0.2) is 0 Å². The van der Waals surface area contributed by atoms with Gasteiger partial charge in [-0.05, 0) is 43.7 Å². The Balaban J connectivity index is 1.23. The topological polar surface area (TPSA) is 79.2 Å². The van der Waals surface area contributed by atoms with Crippen LogP contribution in [0.1, 0.15) is 44.2 Å². The molecule has 0 aliphatic heterocycles. The molecule has 3 N–H and O–H groups in total. The van der Waals surface area contributed by atoms with Crippen LogP contribution in [0.15, 0.2) is 47.5 Å². The minimum absolute atomic E-state index is 0.208. The number of anilines is 1. The number of hydrogen-bond donors (Lipinski definition) is 3. The standard InChI is InChI=1S/C24H31ClN4O2/c1-29-17-24(31)23(30)15-19(29)16-26-11-6-4-2-3-5-7-12-27-21-10-13-28-22-14-18(25)8-9-20(21)22/h8-10,13-15,17,26,31H,2-7,11-12,16H2,1H3,(H,27,28). The fourth-order valence-electron chi connectivity index (χ4n) is 3.63. The smallest absolute Gasteiger partial charge is 0.223 e. The van der Waals surface area contributed by atoms with Crippen LogP contribution in [0.2, 0.25) is 5.02 Å². The molecule has 0 radical (unpaired) electrons. The van der Waals surface area contributed by atoms with Gasteiger partial charge < -0.3 is 20.3 Å². The number of rotatable bonds is 12. The number of hydrogen-bond acceptors (Lipinski definition) is 5. The van der Waals surface area contributed by atoms with E-state index in [1.54, 1.807) is 4.57 Å². The van der Waals surface area contributed by atoms with E-state index in [0.29, 0.717) is 11.6 Å². The van der Waals surface area contributed by atoms with Crippen molar-refractivity contribution in [2.75, 3.05) is 18.4 Å². The normalized spacial score (nSPS) is 11.2. The summed E-state index contributed by atoms with van der Waals surface area (Å²) in [4.78, 5) is 15.9. The molecule has 1 aromatic carbocycles. The first-order chi connectivity index (χ1) is 15.0. The van der Waals surface area contributed by atoms with Crippen LogP contribution in [-0.2, 0) is 13.6 Å². The molecule has 2 aromatic heterocycles. The summed E-state index contributed by atoms with van der Waals surface area (Å²) in [6.45, 7) is 2.51. The largest absolute Gasteiger partial charge is 0.503 e. The van der Waals surface area contributed by atoms with Crippen LogP contribution >= 0.6 is 11.6 Å².